The number of hydrogen-bond donors (Lipinski definition) is 0. The van der Waals surface area contributed by atoms with Crippen LogP contribution >= 0.6 is 0 Å². The van der Waals surface area contributed by atoms with Crippen molar-refractivity contribution in [3.63, 3.8) is 0 Å². The van der Waals surface area contributed by atoms with E-state index < -0.39 is 6.10 Å². The van der Waals surface area contributed by atoms with E-state index in [4.69, 9.17) is 14.2 Å². The van der Waals surface area contributed by atoms with E-state index in [-0.39, 0.29) is 31.1 Å². The summed E-state index contributed by atoms with van der Waals surface area (Å²) < 4.78 is 17.0. The quantitative estimate of drug-likeness (QED) is 0.0261. The zero-order valence-corrected chi connectivity index (χ0v) is 53.9. The van der Waals surface area contributed by atoms with Crippen LogP contribution in [0.2, 0.25) is 0 Å². The molecular weight excluding hydrogens is 973 g/mol. The third kappa shape index (κ3) is 66.8. The number of allylic oxidation sites excluding steroid dienone is 2. The lowest BCUT2D eigenvalue weighted by Crippen LogP contribution is -2.30. The highest BCUT2D eigenvalue weighted by molar-refractivity contribution is 5.71. The Morgan fingerprint density at radius 2 is 0.418 bits per heavy atom. The maximum atomic E-state index is 12.9. The number of carbonyl (C=O) groups excluding carboxylic acids is 3. The minimum atomic E-state index is -0.769. The highest BCUT2D eigenvalue weighted by Crippen LogP contribution is 2.19. The molecule has 0 saturated carbocycles. The van der Waals surface area contributed by atoms with E-state index in [9.17, 15) is 14.4 Å². The van der Waals surface area contributed by atoms with Gasteiger partial charge in [-0.05, 0) is 44.9 Å². The van der Waals surface area contributed by atoms with Crippen LogP contribution in [0.1, 0.15) is 419 Å². The van der Waals surface area contributed by atoms with E-state index in [1.54, 1.807) is 0 Å². The second kappa shape index (κ2) is 68.6. The summed E-state index contributed by atoms with van der Waals surface area (Å²) in [5, 5.41) is 0. The summed E-state index contributed by atoms with van der Waals surface area (Å²) in [4.78, 5) is 38.4. The zero-order chi connectivity index (χ0) is 57.1. The topological polar surface area (TPSA) is 78.9 Å². The van der Waals surface area contributed by atoms with Crippen molar-refractivity contribution < 1.29 is 28.6 Å². The molecular formula is C73H140O6. The van der Waals surface area contributed by atoms with E-state index in [1.165, 1.54) is 315 Å². The van der Waals surface area contributed by atoms with Gasteiger partial charge in [-0.15, -0.1) is 0 Å². The molecule has 0 spiro atoms. The van der Waals surface area contributed by atoms with Gasteiger partial charge in [0.25, 0.3) is 0 Å². The van der Waals surface area contributed by atoms with Crippen LogP contribution in [0.25, 0.3) is 0 Å². The van der Waals surface area contributed by atoms with E-state index in [2.05, 4.69) is 32.9 Å². The van der Waals surface area contributed by atoms with Crippen LogP contribution < -0.4 is 0 Å². The van der Waals surface area contributed by atoms with Gasteiger partial charge in [-0.3, -0.25) is 14.4 Å². The Kier molecular flexibility index (Phi) is 67.0. The molecule has 0 fully saturated rings. The van der Waals surface area contributed by atoms with E-state index in [1.807, 2.05) is 0 Å². The van der Waals surface area contributed by atoms with Gasteiger partial charge in [0.2, 0.25) is 0 Å². The minimum absolute atomic E-state index is 0.0658. The van der Waals surface area contributed by atoms with Crippen LogP contribution in [0, 0.1) is 0 Å². The molecule has 0 aliphatic rings. The van der Waals surface area contributed by atoms with Crippen molar-refractivity contribution >= 4 is 17.9 Å². The molecule has 0 heterocycles. The fourth-order valence-electron chi connectivity index (χ4n) is 11.3. The first-order valence-corrected chi connectivity index (χ1v) is 36.2. The average molecular weight is 1110 g/mol. The molecule has 0 bridgehead atoms. The Labute approximate surface area is 494 Å². The first-order valence-electron chi connectivity index (χ1n) is 36.2. The van der Waals surface area contributed by atoms with Crippen molar-refractivity contribution in [2.75, 3.05) is 13.2 Å². The second-order valence-electron chi connectivity index (χ2n) is 24.9. The van der Waals surface area contributed by atoms with Crippen LogP contribution in [-0.2, 0) is 28.6 Å². The molecule has 0 aromatic heterocycles. The van der Waals surface area contributed by atoms with Crippen LogP contribution in [0.15, 0.2) is 12.2 Å². The van der Waals surface area contributed by atoms with Crippen molar-refractivity contribution in [1.82, 2.24) is 0 Å². The molecule has 79 heavy (non-hydrogen) atoms. The maximum absolute atomic E-state index is 12.9. The molecule has 0 N–H and O–H groups in total. The molecule has 0 aromatic carbocycles. The summed E-state index contributed by atoms with van der Waals surface area (Å²) in [6, 6.07) is 0. The summed E-state index contributed by atoms with van der Waals surface area (Å²) >= 11 is 0. The molecule has 0 saturated heterocycles. The monoisotopic (exact) mass is 1110 g/mol. The van der Waals surface area contributed by atoms with Gasteiger partial charge in [-0.2, -0.15) is 0 Å². The highest BCUT2D eigenvalue weighted by atomic mass is 16.6. The van der Waals surface area contributed by atoms with Crippen LogP contribution in [-0.4, -0.2) is 37.2 Å². The fourth-order valence-corrected chi connectivity index (χ4v) is 11.3. The van der Waals surface area contributed by atoms with Crippen LogP contribution in [0.4, 0.5) is 0 Å². The van der Waals surface area contributed by atoms with Crippen molar-refractivity contribution in [2.45, 2.75) is 425 Å². The lowest BCUT2D eigenvalue weighted by molar-refractivity contribution is -0.167. The average Bonchev–Trinajstić information content (AvgIpc) is 3.45. The van der Waals surface area contributed by atoms with Crippen LogP contribution in [0.5, 0.6) is 0 Å². The van der Waals surface area contributed by atoms with E-state index in [0.717, 1.165) is 64.2 Å². The molecule has 0 radical (unpaired) electrons. The first kappa shape index (κ1) is 77.2. The number of ether oxygens (including phenoxy) is 3. The summed E-state index contributed by atoms with van der Waals surface area (Å²) in [6.45, 7) is 6.71. The number of hydrogen-bond acceptors (Lipinski definition) is 6. The molecule has 1 unspecified atom stereocenters. The van der Waals surface area contributed by atoms with Gasteiger partial charge in [0.15, 0.2) is 6.10 Å². The van der Waals surface area contributed by atoms with Gasteiger partial charge in [-0.25, -0.2) is 0 Å². The number of unbranched alkanes of at least 4 members (excludes halogenated alkanes) is 55. The summed E-state index contributed by atoms with van der Waals surface area (Å²) in [6.07, 6.45) is 82.6. The fraction of sp³-hybridized carbons (Fsp3) is 0.932. The molecule has 0 aromatic rings. The molecule has 6 heteroatoms. The van der Waals surface area contributed by atoms with Gasteiger partial charge in [0, 0.05) is 19.3 Å². The number of esters is 3. The molecule has 0 aliphatic heterocycles. The predicted molar refractivity (Wildman–Crippen MR) is 344 cm³/mol. The number of carbonyl (C=O) groups is 3. The lowest BCUT2D eigenvalue weighted by atomic mass is 10.0. The van der Waals surface area contributed by atoms with Gasteiger partial charge < -0.3 is 14.2 Å². The van der Waals surface area contributed by atoms with Crippen LogP contribution in [0.3, 0.4) is 0 Å². The summed E-state index contributed by atoms with van der Waals surface area (Å²) in [5.41, 5.74) is 0. The summed E-state index contributed by atoms with van der Waals surface area (Å²) in [5.74, 6) is -0.841. The normalized spacial score (nSPS) is 12.0. The van der Waals surface area contributed by atoms with Gasteiger partial charge in [-0.1, -0.05) is 367 Å². The zero-order valence-electron chi connectivity index (χ0n) is 53.9. The van der Waals surface area contributed by atoms with E-state index in [0.29, 0.717) is 19.3 Å². The first-order chi connectivity index (χ1) is 39.0. The van der Waals surface area contributed by atoms with Crippen molar-refractivity contribution in [1.29, 1.82) is 0 Å². The van der Waals surface area contributed by atoms with Crippen molar-refractivity contribution in [3.05, 3.63) is 12.2 Å². The molecule has 0 aliphatic carbocycles. The SMILES string of the molecule is CCCCCC/C=C\CCCCCCCC(=O)OCC(COC(=O)CCCCCCCCCCCCCCCCCCCCCCCCCCCCCCCCC)OC(=O)CCCCCCCCCCCCCCCCCCC. The predicted octanol–water partition coefficient (Wildman–Crippen LogP) is 24.8. The van der Waals surface area contributed by atoms with Gasteiger partial charge >= 0.3 is 17.9 Å². The summed E-state index contributed by atoms with van der Waals surface area (Å²) in [7, 11) is 0. The van der Waals surface area contributed by atoms with Crippen molar-refractivity contribution in [3.8, 4) is 0 Å². The second-order valence-corrected chi connectivity index (χ2v) is 24.9. The van der Waals surface area contributed by atoms with Gasteiger partial charge in [0.05, 0.1) is 0 Å². The Morgan fingerprint density at radius 3 is 0.646 bits per heavy atom. The maximum Gasteiger partial charge on any atom is 0.306 e. The number of rotatable bonds is 68. The van der Waals surface area contributed by atoms with Gasteiger partial charge in [0.1, 0.15) is 13.2 Å². The smallest absolute Gasteiger partial charge is 0.306 e. The molecule has 0 amide bonds. The highest BCUT2D eigenvalue weighted by Gasteiger charge is 2.19. The standard InChI is InChI=1S/C73H140O6/c1-4-7-10-13-16-19-22-25-27-29-30-31-32-33-34-35-36-37-38-39-40-41-42-44-45-48-51-54-57-60-63-66-72(75)78-69-70(68-77-71(74)65-62-59-56-53-50-47-24-21-18-15-12-9-6-3)79-73(76)67-64-61-58-55-52-49-46-43-28-26-23-20-17-14-11-8-5-2/h21,24,70H,4-20,22-23,25-69H2,1-3H3/b24-21-. The Balaban J connectivity index is 4.10. The Hall–Kier alpha value is -1.85. The lowest BCUT2D eigenvalue weighted by Gasteiger charge is -2.18. The Morgan fingerprint density at radius 1 is 0.241 bits per heavy atom. The third-order valence-corrected chi connectivity index (χ3v) is 16.8. The molecule has 1 atom stereocenters. The molecule has 468 valence electrons. The molecule has 0 rings (SSSR count). The molecule has 6 nitrogen and oxygen atoms in total. The van der Waals surface area contributed by atoms with E-state index >= 15 is 0 Å². The van der Waals surface area contributed by atoms with Crippen molar-refractivity contribution in [2.24, 2.45) is 0 Å². The minimum Gasteiger partial charge on any atom is -0.462 e. The Bertz CT molecular complexity index is 1230. The largest absolute Gasteiger partial charge is 0.462 e. The third-order valence-electron chi connectivity index (χ3n) is 16.8.